The van der Waals surface area contributed by atoms with Gasteiger partial charge in [-0.15, -0.1) is 0 Å². The van der Waals surface area contributed by atoms with Crippen LogP contribution in [0.15, 0.2) is 0 Å². The number of carbonyl (C=O) groups excluding carboxylic acids is 1. The highest BCUT2D eigenvalue weighted by atomic mass is 32.2. The number of rotatable bonds is 4. The average molecular weight is 293 g/mol. The van der Waals surface area contributed by atoms with E-state index in [9.17, 15) is 13.2 Å². The van der Waals surface area contributed by atoms with E-state index in [1.807, 2.05) is 0 Å². The van der Waals surface area contributed by atoms with Crippen LogP contribution in [0.3, 0.4) is 0 Å². The van der Waals surface area contributed by atoms with Crippen LogP contribution in [0.5, 0.6) is 0 Å². The second kappa shape index (κ2) is 6.17. The highest BCUT2D eigenvalue weighted by molar-refractivity contribution is 7.89. The summed E-state index contributed by atoms with van der Waals surface area (Å²) >= 11 is 0. The molecule has 2 aliphatic rings. The fourth-order valence-electron chi connectivity index (χ4n) is 2.27. The maximum Gasteiger partial charge on any atom is 0.336 e. The number of hydrogen-bond donors (Lipinski definition) is 0. The first-order valence-corrected chi connectivity index (χ1v) is 7.92. The van der Waals surface area contributed by atoms with Gasteiger partial charge in [-0.1, -0.05) is 0 Å². The van der Waals surface area contributed by atoms with Gasteiger partial charge < -0.3 is 14.2 Å². The summed E-state index contributed by atoms with van der Waals surface area (Å²) in [5, 5.41) is 0. The van der Waals surface area contributed by atoms with Crippen LogP contribution in [0.2, 0.25) is 0 Å². The van der Waals surface area contributed by atoms with E-state index in [1.54, 1.807) is 0 Å². The van der Waals surface area contributed by atoms with E-state index in [-0.39, 0.29) is 31.6 Å². The SMILES string of the molecule is COC(=O)C1CN(S(=O)(=O)CC2CCCO2)CCO1. The summed E-state index contributed by atoms with van der Waals surface area (Å²) in [7, 11) is -2.17. The lowest BCUT2D eigenvalue weighted by molar-refractivity contribution is -0.157. The minimum absolute atomic E-state index is 0.0156. The molecule has 0 N–H and O–H groups in total. The molecular weight excluding hydrogens is 274 g/mol. The van der Waals surface area contributed by atoms with E-state index in [2.05, 4.69) is 4.74 Å². The van der Waals surface area contributed by atoms with E-state index in [0.29, 0.717) is 6.61 Å². The Kier molecular flexibility index (Phi) is 4.77. The van der Waals surface area contributed by atoms with E-state index in [4.69, 9.17) is 9.47 Å². The van der Waals surface area contributed by atoms with Crippen LogP contribution in [0.25, 0.3) is 0 Å². The van der Waals surface area contributed by atoms with E-state index in [0.717, 1.165) is 12.8 Å². The molecule has 0 aromatic heterocycles. The molecule has 0 aromatic rings. The summed E-state index contributed by atoms with van der Waals surface area (Å²) in [5.41, 5.74) is 0. The number of morpholine rings is 1. The first-order valence-electron chi connectivity index (χ1n) is 6.32. The number of ether oxygens (including phenoxy) is 3. The summed E-state index contributed by atoms with van der Waals surface area (Å²) in [4.78, 5) is 11.4. The maximum absolute atomic E-state index is 12.2. The van der Waals surface area contributed by atoms with Crippen molar-refractivity contribution < 1.29 is 27.4 Å². The van der Waals surface area contributed by atoms with Crippen molar-refractivity contribution in [2.24, 2.45) is 0 Å². The standard InChI is InChI=1S/C11H19NO6S/c1-16-11(13)10-7-12(4-6-18-10)19(14,15)8-9-3-2-5-17-9/h9-10H,2-8H2,1H3. The van der Waals surface area contributed by atoms with Gasteiger partial charge in [0.2, 0.25) is 10.0 Å². The minimum Gasteiger partial charge on any atom is -0.467 e. The van der Waals surface area contributed by atoms with Crippen molar-refractivity contribution in [3.05, 3.63) is 0 Å². The molecule has 0 radical (unpaired) electrons. The highest BCUT2D eigenvalue weighted by Crippen LogP contribution is 2.18. The number of carbonyl (C=O) groups is 1. The van der Waals surface area contributed by atoms with Crippen LogP contribution in [0.4, 0.5) is 0 Å². The monoisotopic (exact) mass is 293 g/mol. The molecule has 8 heteroatoms. The predicted octanol–water partition coefficient (Wildman–Crippen LogP) is -0.631. The number of sulfonamides is 1. The smallest absolute Gasteiger partial charge is 0.336 e. The van der Waals surface area contributed by atoms with Gasteiger partial charge in [-0.25, -0.2) is 13.2 Å². The van der Waals surface area contributed by atoms with Crippen molar-refractivity contribution in [1.82, 2.24) is 4.31 Å². The topological polar surface area (TPSA) is 82.1 Å². The molecule has 2 atom stereocenters. The molecule has 0 aromatic carbocycles. The molecule has 2 fully saturated rings. The number of hydrogen-bond acceptors (Lipinski definition) is 6. The summed E-state index contributed by atoms with van der Waals surface area (Å²) in [6.07, 6.45) is 0.598. The first kappa shape index (κ1) is 14.7. The van der Waals surface area contributed by atoms with E-state index < -0.39 is 22.1 Å². The second-order valence-electron chi connectivity index (χ2n) is 4.65. The largest absolute Gasteiger partial charge is 0.467 e. The number of nitrogens with zero attached hydrogens (tertiary/aromatic N) is 1. The molecule has 19 heavy (non-hydrogen) atoms. The molecule has 2 aliphatic heterocycles. The van der Waals surface area contributed by atoms with Gasteiger partial charge in [0.1, 0.15) is 0 Å². The van der Waals surface area contributed by atoms with Gasteiger partial charge in [0.05, 0.1) is 32.1 Å². The first-order chi connectivity index (χ1) is 9.03. The molecule has 2 rings (SSSR count). The van der Waals surface area contributed by atoms with Crippen molar-refractivity contribution in [2.45, 2.75) is 25.0 Å². The fraction of sp³-hybridized carbons (Fsp3) is 0.909. The van der Waals surface area contributed by atoms with E-state index in [1.165, 1.54) is 11.4 Å². The number of esters is 1. The Morgan fingerprint density at radius 3 is 2.79 bits per heavy atom. The van der Waals surface area contributed by atoms with Crippen LogP contribution in [-0.2, 0) is 29.0 Å². The summed E-state index contributed by atoms with van der Waals surface area (Å²) in [5.74, 6) is -0.571. The Hall–Kier alpha value is -0.700. The zero-order chi connectivity index (χ0) is 13.9. The molecule has 7 nitrogen and oxygen atoms in total. The number of methoxy groups -OCH3 is 1. The Labute approximate surface area is 112 Å². The summed E-state index contributed by atoms with van der Waals surface area (Å²) in [6.45, 7) is 1.10. The molecule has 0 bridgehead atoms. The van der Waals surface area contributed by atoms with Crippen molar-refractivity contribution in [3.63, 3.8) is 0 Å². The Morgan fingerprint density at radius 1 is 1.37 bits per heavy atom. The zero-order valence-corrected chi connectivity index (χ0v) is 11.7. The van der Waals surface area contributed by atoms with Crippen molar-refractivity contribution in [3.8, 4) is 0 Å². The van der Waals surface area contributed by atoms with Gasteiger partial charge in [-0.3, -0.25) is 0 Å². The lowest BCUT2D eigenvalue weighted by Gasteiger charge is -2.31. The van der Waals surface area contributed by atoms with Crippen LogP contribution in [0, 0.1) is 0 Å². The molecule has 2 saturated heterocycles. The van der Waals surface area contributed by atoms with E-state index >= 15 is 0 Å². The predicted molar refractivity (Wildman–Crippen MR) is 66.1 cm³/mol. The minimum atomic E-state index is -3.42. The third-order valence-electron chi connectivity index (χ3n) is 3.31. The van der Waals surface area contributed by atoms with Crippen molar-refractivity contribution >= 4 is 16.0 Å². The lowest BCUT2D eigenvalue weighted by atomic mass is 10.3. The molecule has 2 unspecified atom stereocenters. The molecule has 110 valence electrons. The van der Waals surface area contributed by atoms with Crippen LogP contribution in [0.1, 0.15) is 12.8 Å². The fourth-order valence-corrected chi connectivity index (χ4v) is 3.93. The van der Waals surface area contributed by atoms with Crippen LogP contribution in [-0.4, -0.2) is 70.1 Å². The van der Waals surface area contributed by atoms with Gasteiger partial charge in [0.15, 0.2) is 6.10 Å². The third kappa shape index (κ3) is 3.65. The maximum atomic E-state index is 12.2. The summed E-state index contributed by atoms with van der Waals surface area (Å²) < 4.78 is 40.9. The van der Waals surface area contributed by atoms with Crippen molar-refractivity contribution in [1.29, 1.82) is 0 Å². The van der Waals surface area contributed by atoms with Crippen LogP contribution >= 0.6 is 0 Å². The highest BCUT2D eigenvalue weighted by Gasteiger charge is 2.35. The molecule has 0 spiro atoms. The average Bonchev–Trinajstić information content (AvgIpc) is 2.90. The summed E-state index contributed by atoms with van der Waals surface area (Å²) in [6, 6.07) is 0. The van der Waals surface area contributed by atoms with Gasteiger partial charge in [-0.2, -0.15) is 4.31 Å². The Bertz CT molecular complexity index is 417. The molecule has 0 aliphatic carbocycles. The third-order valence-corrected chi connectivity index (χ3v) is 5.22. The quantitative estimate of drug-likeness (QED) is 0.642. The Morgan fingerprint density at radius 2 is 2.16 bits per heavy atom. The van der Waals surface area contributed by atoms with Gasteiger partial charge in [0, 0.05) is 13.2 Å². The molecule has 2 heterocycles. The molecular formula is C11H19NO6S. The zero-order valence-electron chi connectivity index (χ0n) is 10.9. The van der Waals surface area contributed by atoms with Crippen molar-refractivity contribution in [2.75, 3.05) is 39.2 Å². The normalized spacial score (nSPS) is 29.3. The van der Waals surface area contributed by atoms with Gasteiger partial charge >= 0.3 is 5.97 Å². The van der Waals surface area contributed by atoms with Gasteiger partial charge in [-0.05, 0) is 12.8 Å². The lowest BCUT2D eigenvalue weighted by Crippen LogP contribution is -2.50. The second-order valence-corrected chi connectivity index (χ2v) is 6.67. The van der Waals surface area contributed by atoms with Crippen LogP contribution < -0.4 is 0 Å². The molecule has 0 amide bonds. The Balaban J connectivity index is 1.97. The van der Waals surface area contributed by atoms with Gasteiger partial charge in [0.25, 0.3) is 0 Å². The molecule has 0 saturated carbocycles.